The zero-order valence-electron chi connectivity index (χ0n) is 10.5. The predicted octanol–water partition coefficient (Wildman–Crippen LogP) is -0.179. The third-order valence-corrected chi connectivity index (χ3v) is 3.05. The Morgan fingerprint density at radius 3 is 2.80 bits per heavy atom. The number of ether oxygens (including phenoxy) is 1. The van der Waals surface area contributed by atoms with Crippen molar-refractivity contribution in [1.82, 2.24) is 9.55 Å². The molecule has 0 aliphatic carbocycles. The van der Waals surface area contributed by atoms with Gasteiger partial charge in [-0.3, -0.25) is 14.3 Å². The summed E-state index contributed by atoms with van der Waals surface area (Å²) in [6, 6.07) is 0. The van der Waals surface area contributed by atoms with Gasteiger partial charge in [0.25, 0.3) is 11.5 Å². The van der Waals surface area contributed by atoms with Crippen molar-refractivity contribution in [3.05, 3.63) is 32.6 Å². The van der Waals surface area contributed by atoms with E-state index >= 15 is 0 Å². The van der Waals surface area contributed by atoms with E-state index in [0.717, 1.165) is 6.20 Å². The molecule has 6 nitrogen and oxygen atoms in total. The molecule has 1 saturated heterocycles. The van der Waals surface area contributed by atoms with Gasteiger partial charge in [-0.2, -0.15) is 0 Å². The number of aliphatic hydroxyl groups is 1. The maximum Gasteiger partial charge on any atom is 0.330 e. The molecule has 108 valence electrons. The molecular formula is C12H12F2N2O4. The number of aromatic nitrogens is 2. The Hall–Kier alpha value is -1.98. The molecule has 1 aliphatic rings. The molecule has 0 aromatic carbocycles. The first-order valence-corrected chi connectivity index (χ1v) is 5.79. The zero-order chi connectivity index (χ0) is 15.1. The number of terminal acetylenes is 1. The molecule has 1 aromatic rings. The first-order valence-electron chi connectivity index (χ1n) is 5.79. The summed E-state index contributed by atoms with van der Waals surface area (Å²) in [5.41, 5.74) is -2.14. The minimum atomic E-state index is -3.37. The molecule has 0 unspecified atom stereocenters. The first kappa shape index (κ1) is 14.4. The van der Waals surface area contributed by atoms with Gasteiger partial charge in [-0.1, -0.05) is 5.92 Å². The highest BCUT2D eigenvalue weighted by atomic mass is 19.3. The van der Waals surface area contributed by atoms with Gasteiger partial charge in [0, 0.05) is 12.6 Å². The number of aliphatic hydroxyl groups excluding tert-OH is 1. The van der Waals surface area contributed by atoms with Gasteiger partial charge in [0.05, 0.1) is 12.2 Å². The third-order valence-electron chi connectivity index (χ3n) is 3.05. The molecule has 8 heteroatoms. The second-order valence-electron chi connectivity index (χ2n) is 4.59. The van der Waals surface area contributed by atoms with Gasteiger partial charge >= 0.3 is 5.69 Å². The lowest BCUT2D eigenvalue weighted by atomic mass is 10.1. The van der Waals surface area contributed by atoms with E-state index in [-0.39, 0.29) is 5.56 Å². The molecule has 0 radical (unpaired) electrons. The minimum absolute atomic E-state index is 0.260. The van der Waals surface area contributed by atoms with Crippen LogP contribution in [0.4, 0.5) is 8.78 Å². The first-order chi connectivity index (χ1) is 9.26. The maximum absolute atomic E-state index is 13.9. The highest BCUT2D eigenvalue weighted by Crippen LogP contribution is 2.42. The molecule has 0 bridgehead atoms. The molecule has 0 spiro atoms. The van der Waals surface area contributed by atoms with Crippen LogP contribution >= 0.6 is 0 Å². The van der Waals surface area contributed by atoms with Gasteiger partial charge in [-0.25, -0.2) is 13.6 Å². The average Bonchev–Trinajstić information content (AvgIpc) is 2.66. The van der Waals surface area contributed by atoms with Crippen LogP contribution in [0.25, 0.3) is 0 Å². The Kier molecular flexibility index (Phi) is 3.50. The van der Waals surface area contributed by atoms with Gasteiger partial charge < -0.3 is 9.84 Å². The van der Waals surface area contributed by atoms with Gasteiger partial charge in [-0.05, 0) is 6.92 Å². The van der Waals surface area contributed by atoms with Crippen LogP contribution in [0, 0.1) is 12.3 Å². The number of rotatable bonds is 2. The molecule has 20 heavy (non-hydrogen) atoms. The van der Waals surface area contributed by atoms with E-state index in [1.165, 1.54) is 6.92 Å². The molecule has 3 atom stereocenters. The highest BCUT2D eigenvalue weighted by Gasteiger charge is 2.53. The fourth-order valence-electron chi connectivity index (χ4n) is 2.00. The minimum Gasteiger partial charge on any atom is -0.391 e. The summed E-state index contributed by atoms with van der Waals surface area (Å²) < 4.78 is 33.3. The summed E-state index contributed by atoms with van der Waals surface area (Å²) >= 11 is 0. The van der Waals surface area contributed by atoms with Crippen molar-refractivity contribution < 1.29 is 18.6 Å². The van der Waals surface area contributed by atoms with Crippen molar-refractivity contribution in [3.63, 3.8) is 0 Å². The topological polar surface area (TPSA) is 84.3 Å². The van der Waals surface area contributed by atoms with E-state index in [4.69, 9.17) is 11.2 Å². The summed E-state index contributed by atoms with van der Waals surface area (Å²) in [7, 11) is 0. The molecule has 2 rings (SSSR count). The molecule has 1 fully saturated rings. The number of nitrogens with one attached hydrogen (secondary N) is 1. The number of nitrogens with zero attached hydrogens (tertiary/aromatic N) is 1. The van der Waals surface area contributed by atoms with Crippen molar-refractivity contribution in [2.45, 2.75) is 37.7 Å². The van der Waals surface area contributed by atoms with Crippen LogP contribution in [0.3, 0.4) is 0 Å². The fourth-order valence-corrected chi connectivity index (χ4v) is 2.00. The molecule has 0 saturated carbocycles. The van der Waals surface area contributed by atoms with Gasteiger partial charge in [-0.15, -0.1) is 6.42 Å². The Morgan fingerprint density at radius 1 is 1.65 bits per heavy atom. The Bertz CT molecular complexity index is 671. The average molecular weight is 286 g/mol. The quantitative estimate of drug-likeness (QED) is 0.739. The molecular weight excluding hydrogens is 274 g/mol. The lowest BCUT2D eigenvalue weighted by Gasteiger charge is -2.20. The van der Waals surface area contributed by atoms with Crippen LogP contribution in [0.1, 0.15) is 25.1 Å². The van der Waals surface area contributed by atoms with Gasteiger partial charge in [0.15, 0.2) is 0 Å². The summed E-state index contributed by atoms with van der Waals surface area (Å²) in [5.74, 6) is -1.37. The van der Waals surface area contributed by atoms with Crippen molar-refractivity contribution in [3.8, 4) is 12.3 Å². The summed E-state index contributed by atoms with van der Waals surface area (Å²) in [6.07, 6.45) is 1.04. The Morgan fingerprint density at radius 2 is 2.30 bits per heavy atom. The largest absolute Gasteiger partial charge is 0.391 e. The standard InChI is InChI=1S/C12H12F2N2O4/c1-3-7-5-16(11(19)15-9(7)18)10-12(13,14)4-8(20-10)6(2)17/h1,5-6,8,10,17H,4H2,2H3,(H,15,18,19)/t6-,8-,10+/m0/s1. The van der Waals surface area contributed by atoms with E-state index < -0.39 is 42.0 Å². The van der Waals surface area contributed by atoms with E-state index in [9.17, 15) is 23.5 Å². The maximum atomic E-state index is 13.9. The molecule has 0 amide bonds. The van der Waals surface area contributed by atoms with Crippen molar-refractivity contribution in [2.75, 3.05) is 0 Å². The summed E-state index contributed by atoms with van der Waals surface area (Å²) in [4.78, 5) is 24.8. The van der Waals surface area contributed by atoms with Gasteiger partial charge in [0.1, 0.15) is 5.56 Å². The van der Waals surface area contributed by atoms with Crippen LogP contribution in [0.15, 0.2) is 15.8 Å². The van der Waals surface area contributed by atoms with Crippen molar-refractivity contribution >= 4 is 0 Å². The fraction of sp³-hybridized carbons (Fsp3) is 0.500. The molecule has 2 N–H and O–H groups in total. The molecule has 2 heterocycles. The van der Waals surface area contributed by atoms with E-state index in [0.29, 0.717) is 4.57 Å². The van der Waals surface area contributed by atoms with Crippen LogP contribution in [0.2, 0.25) is 0 Å². The second kappa shape index (κ2) is 4.85. The van der Waals surface area contributed by atoms with Crippen LogP contribution in [-0.4, -0.2) is 32.8 Å². The van der Waals surface area contributed by atoms with Crippen LogP contribution in [-0.2, 0) is 4.74 Å². The summed E-state index contributed by atoms with van der Waals surface area (Å²) in [5, 5.41) is 9.33. The number of hydrogen-bond donors (Lipinski definition) is 2. The lowest BCUT2D eigenvalue weighted by Crippen LogP contribution is -2.38. The molecule has 1 aromatic heterocycles. The number of H-pyrrole nitrogens is 1. The number of alkyl halides is 2. The Labute approximate surface area is 112 Å². The normalized spacial score (nSPS) is 26.1. The summed E-state index contributed by atoms with van der Waals surface area (Å²) in [6.45, 7) is 1.31. The Balaban J connectivity index is 2.49. The highest BCUT2D eigenvalue weighted by molar-refractivity contribution is 5.26. The van der Waals surface area contributed by atoms with Crippen molar-refractivity contribution in [1.29, 1.82) is 0 Å². The monoisotopic (exact) mass is 286 g/mol. The predicted molar refractivity (Wildman–Crippen MR) is 64.4 cm³/mol. The van der Waals surface area contributed by atoms with Crippen LogP contribution in [0.5, 0.6) is 0 Å². The smallest absolute Gasteiger partial charge is 0.330 e. The SMILES string of the molecule is C#Cc1cn([C@@H]2O[C@H]([C@H](C)O)CC2(F)F)c(=O)[nH]c1=O. The lowest BCUT2D eigenvalue weighted by molar-refractivity contribution is -0.126. The second-order valence-corrected chi connectivity index (χ2v) is 4.59. The number of aromatic amines is 1. The van der Waals surface area contributed by atoms with Crippen molar-refractivity contribution in [2.24, 2.45) is 0 Å². The number of hydrogen-bond acceptors (Lipinski definition) is 4. The third kappa shape index (κ3) is 2.37. The van der Waals surface area contributed by atoms with E-state index in [1.807, 2.05) is 10.9 Å². The molecule has 1 aliphatic heterocycles. The van der Waals surface area contributed by atoms with E-state index in [2.05, 4.69) is 0 Å². The van der Waals surface area contributed by atoms with E-state index in [1.54, 1.807) is 0 Å². The number of halogens is 2. The van der Waals surface area contributed by atoms with Crippen LogP contribution < -0.4 is 11.2 Å². The zero-order valence-corrected chi connectivity index (χ0v) is 10.5. The van der Waals surface area contributed by atoms with Gasteiger partial charge in [0.2, 0.25) is 6.23 Å².